The molecule has 0 saturated carbocycles. The number of nitrogens with zero attached hydrogens (tertiary/aromatic N) is 2. The van der Waals surface area contributed by atoms with Gasteiger partial charge in [-0.25, -0.2) is 4.79 Å². The highest BCUT2D eigenvalue weighted by Crippen LogP contribution is 2.39. The van der Waals surface area contributed by atoms with E-state index in [1.165, 1.54) is 14.2 Å². The molecule has 3 rings (SSSR count). The predicted octanol–water partition coefficient (Wildman–Crippen LogP) is 2.97. The highest BCUT2D eigenvalue weighted by atomic mass is 16.5. The predicted molar refractivity (Wildman–Crippen MR) is 109 cm³/mol. The van der Waals surface area contributed by atoms with Crippen LogP contribution in [0, 0.1) is 0 Å². The van der Waals surface area contributed by atoms with Crippen molar-refractivity contribution >= 4 is 17.3 Å². The minimum atomic E-state index is -1.01. The molecule has 1 N–H and O–H groups in total. The largest absolute Gasteiger partial charge is 0.497 e. The lowest BCUT2D eigenvalue weighted by molar-refractivity contribution is -0.138. The normalized spacial score (nSPS) is 15.8. The quantitative estimate of drug-likeness (QED) is 0.760. The fourth-order valence-corrected chi connectivity index (χ4v) is 3.32. The van der Waals surface area contributed by atoms with Crippen molar-refractivity contribution < 1.29 is 28.8 Å². The van der Waals surface area contributed by atoms with E-state index in [1.807, 2.05) is 6.08 Å². The summed E-state index contributed by atoms with van der Waals surface area (Å²) in [5, 5.41) is 10.1. The number of rotatable bonds is 7. The van der Waals surface area contributed by atoms with E-state index >= 15 is 0 Å². The van der Waals surface area contributed by atoms with Crippen molar-refractivity contribution in [3.05, 3.63) is 48.7 Å². The van der Waals surface area contributed by atoms with E-state index in [-0.39, 0.29) is 0 Å². The maximum Gasteiger partial charge on any atom is 0.347 e. The van der Waals surface area contributed by atoms with Crippen LogP contribution in [0.2, 0.25) is 0 Å². The van der Waals surface area contributed by atoms with Gasteiger partial charge in [0, 0.05) is 24.9 Å². The van der Waals surface area contributed by atoms with Gasteiger partial charge < -0.3 is 33.9 Å². The van der Waals surface area contributed by atoms with Crippen LogP contribution in [-0.2, 0) is 4.79 Å². The molecule has 0 aliphatic carbocycles. The Balaban J connectivity index is 2.07. The van der Waals surface area contributed by atoms with Crippen molar-refractivity contribution in [3.8, 4) is 23.0 Å². The number of aliphatic carboxylic acids is 1. The van der Waals surface area contributed by atoms with Crippen molar-refractivity contribution in [2.45, 2.75) is 6.17 Å². The number of methoxy groups -OCH3 is 4. The SMILES string of the molecule is COc1ccc(N2C=CCN(c3ccc(OC)cc3OC)C2C(=O)O)c(OC)c1. The number of carboxylic acid groups (broad SMARTS) is 1. The molecular formula is C21H24N2O6. The van der Waals surface area contributed by atoms with Gasteiger partial charge in [-0.15, -0.1) is 0 Å². The summed E-state index contributed by atoms with van der Waals surface area (Å²) >= 11 is 0. The van der Waals surface area contributed by atoms with E-state index in [1.54, 1.807) is 66.6 Å². The summed E-state index contributed by atoms with van der Waals surface area (Å²) < 4.78 is 21.5. The van der Waals surface area contributed by atoms with Crippen LogP contribution < -0.4 is 28.7 Å². The highest BCUT2D eigenvalue weighted by molar-refractivity contribution is 5.86. The molecule has 29 heavy (non-hydrogen) atoms. The smallest absolute Gasteiger partial charge is 0.347 e. The summed E-state index contributed by atoms with van der Waals surface area (Å²) in [6.45, 7) is 0.397. The van der Waals surface area contributed by atoms with Crippen LogP contribution in [-0.4, -0.2) is 52.2 Å². The van der Waals surface area contributed by atoms with Gasteiger partial charge in [-0.1, -0.05) is 0 Å². The van der Waals surface area contributed by atoms with Crippen molar-refractivity contribution in [1.29, 1.82) is 0 Å². The van der Waals surface area contributed by atoms with Gasteiger partial charge in [0.1, 0.15) is 23.0 Å². The maximum atomic E-state index is 12.3. The number of hydrogen-bond acceptors (Lipinski definition) is 7. The van der Waals surface area contributed by atoms with Gasteiger partial charge in [-0.3, -0.25) is 0 Å². The van der Waals surface area contributed by atoms with Crippen LogP contribution in [0.3, 0.4) is 0 Å². The second kappa shape index (κ2) is 8.64. The second-order valence-electron chi connectivity index (χ2n) is 6.23. The van der Waals surface area contributed by atoms with Crippen molar-refractivity contribution in [1.82, 2.24) is 0 Å². The molecule has 154 valence electrons. The number of benzene rings is 2. The number of carboxylic acids is 1. The lowest BCUT2D eigenvalue weighted by Crippen LogP contribution is -2.54. The van der Waals surface area contributed by atoms with Gasteiger partial charge in [0.25, 0.3) is 0 Å². The summed E-state index contributed by atoms with van der Waals surface area (Å²) in [4.78, 5) is 15.7. The molecule has 8 heteroatoms. The number of carbonyl (C=O) groups is 1. The van der Waals surface area contributed by atoms with Gasteiger partial charge in [0.15, 0.2) is 0 Å². The fourth-order valence-electron chi connectivity index (χ4n) is 3.32. The average Bonchev–Trinajstić information content (AvgIpc) is 2.77. The molecule has 0 amide bonds. The molecule has 0 spiro atoms. The topological polar surface area (TPSA) is 80.7 Å². The Hall–Kier alpha value is -3.55. The van der Waals surface area contributed by atoms with Gasteiger partial charge in [-0.2, -0.15) is 0 Å². The monoisotopic (exact) mass is 400 g/mol. The molecule has 1 aliphatic heterocycles. The summed E-state index contributed by atoms with van der Waals surface area (Å²) in [6, 6.07) is 10.5. The zero-order chi connectivity index (χ0) is 21.0. The Morgan fingerprint density at radius 1 is 0.897 bits per heavy atom. The van der Waals surface area contributed by atoms with E-state index in [4.69, 9.17) is 18.9 Å². The summed E-state index contributed by atoms with van der Waals surface area (Å²) in [7, 11) is 6.20. The minimum absolute atomic E-state index is 0.397. The molecule has 0 saturated heterocycles. The Kier molecular flexibility index (Phi) is 6.01. The van der Waals surface area contributed by atoms with Crippen LogP contribution in [0.1, 0.15) is 0 Å². The van der Waals surface area contributed by atoms with Crippen LogP contribution in [0.4, 0.5) is 11.4 Å². The van der Waals surface area contributed by atoms with E-state index in [0.717, 1.165) is 0 Å². The first-order valence-electron chi connectivity index (χ1n) is 8.92. The van der Waals surface area contributed by atoms with Gasteiger partial charge >= 0.3 is 5.97 Å². The zero-order valence-electron chi connectivity index (χ0n) is 16.8. The summed E-state index contributed by atoms with van der Waals surface area (Å²) in [5.41, 5.74) is 1.25. The second-order valence-corrected chi connectivity index (χ2v) is 6.23. The molecule has 1 heterocycles. The first-order chi connectivity index (χ1) is 14.0. The molecule has 0 bridgehead atoms. The van der Waals surface area contributed by atoms with Crippen molar-refractivity contribution in [2.75, 3.05) is 44.8 Å². The molecular weight excluding hydrogens is 376 g/mol. The highest BCUT2D eigenvalue weighted by Gasteiger charge is 2.36. The first kappa shape index (κ1) is 20.2. The Morgan fingerprint density at radius 3 is 1.97 bits per heavy atom. The summed E-state index contributed by atoms with van der Waals surface area (Å²) in [6.07, 6.45) is 2.62. The third kappa shape index (κ3) is 3.87. The molecule has 1 aliphatic rings. The molecule has 0 aromatic heterocycles. The summed E-state index contributed by atoms with van der Waals surface area (Å²) in [5.74, 6) is 1.26. The van der Waals surface area contributed by atoms with Crippen molar-refractivity contribution in [3.63, 3.8) is 0 Å². The van der Waals surface area contributed by atoms with Crippen LogP contribution >= 0.6 is 0 Å². The van der Waals surface area contributed by atoms with Crippen LogP contribution in [0.25, 0.3) is 0 Å². The van der Waals surface area contributed by atoms with E-state index < -0.39 is 12.1 Å². The molecule has 2 aromatic carbocycles. The Bertz CT molecular complexity index is 914. The molecule has 2 aromatic rings. The van der Waals surface area contributed by atoms with Gasteiger partial charge in [0.2, 0.25) is 6.17 Å². The lowest BCUT2D eigenvalue weighted by Gasteiger charge is -2.41. The number of anilines is 2. The zero-order valence-corrected chi connectivity index (χ0v) is 16.8. The Morgan fingerprint density at radius 2 is 1.45 bits per heavy atom. The van der Waals surface area contributed by atoms with Crippen LogP contribution in [0.15, 0.2) is 48.7 Å². The Labute approximate surface area is 169 Å². The number of hydrogen-bond donors (Lipinski definition) is 1. The fraction of sp³-hybridized carbons (Fsp3) is 0.286. The van der Waals surface area contributed by atoms with E-state index in [0.29, 0.717) is 40.9 Å². The third-order valence-corrected chi connectivity index (χ3v) is 4.71. The average molecular weight is 400 g/mol. The molecule has 0 radical (unpaired) electrons. The third-order valence-electron chi connectivity index (χ3n) is 4.71. The molecule has 8 nitrogen and oxygen atoms in total. The van der Waals surface area contributed by atoms with Gasteiger partial charge in [0.05, 0.1) is 39.8 Å². The van der Waals surface area contributed by atoms with Gasteiger partial charge in [-0.05, 0) is 30.3 Å². The minimum Gasteiger partial charge on any atom is -0.497 e. The number of ether oxygens (including phenoxy) is 4. The molecule has 0 fully saturated rings. The first-order valence-corrected chi connectivity index (χ1v) is 8.92. The lowest BCUT2D eigenvalue weighted by atomic mass is 10.1. The molecule has 1 atom stereocenters. The van der Waals surface area contributed by atoms with Crippen LogP contribution in [0.5, 0.6) is 23.0 Å². The van der Waals surface area contributed by atoms with Crippen molar-refractivity contribution in [2.24, 2.45) is 0 Å². The maximum absolute atomic E-state index is 12.3. The van der Waals surface area contributed by atoms with E-state index in [2.05, 4.69) is 0 Å². The molecule has 1 unspecified atom stereocenters. The standard InChI is InChI=1S/C21H24N2O6/c1-26-14-6-8-16(18(12-14)28-3)22-10-5-11-23(20(22)21(24)25)17-9-7-15(27-2)13-19(17)29-4/h5-10,12-13,20H,11H2,1-4H3,(H,24,25). The van der Waals surface area contributed by atoms with E-state index in [9.17, 15) is 9.90 Å².